The molecule has 4 heteroatoms. The van der Waals surface area contributed by atoms with Crippen molar-refractivity contribution < 1.29 is 8.78 Å². The first kappa shape index (κ1) is 13.4. The predicted octanol–water partition coefficient (Wildman–Crippen LogP) is 2.39. The number of halogens is 2. The molecule has 1 aliphatic heterocycles. The smallest absolute Gasteiger partial charge is 0.126 e. The molecule has 0 radical (unpaired) electrons. The molecule has 1 aromatic carbocycles. The molecule has 0 spiro atoms. The Bertz CT molecular complexity index is 389. The van der Waals surface area contributed by atoms with Crippen molar-refractivity contribution >= 4 is 0 Å². The third kappa shape index (κ3) is 3.27. The van der Waals surface area contributed by atoms with Crippen molar-refractivity contribution in [1.29, 1.82) is 0 Å². The molecule has 1 aliphatic rings. The van der Waals surface area contributed by atoms with Gasteiger partial charge in [-0.2, -0.15) is 0 Å². The molecule has 1 N–H and O–H groups in total. The summed E-state index contributed by atoms with van der Waals surface area (Å²) in [6.45, 7) is 4.76. The van der Waals surface area contributed by atoms with Crippen LogP contribution in [0.25, 0.3) is 0 Å². The van der Waals surface area contributed by atoms with Gasteiger partial charge in [-0.1, -0.05) is 6.92 Å². The summed E-state index contributed by atoms with van der Waals surface area (Å²) < 4.78 is 26.2. The molecule has 2 nitrogen and oxygen atoms in total. The number of likely N-dealkylation sites (tertiary alicyclic amines) is 1. The minimum Gasteiger partial charge on any atom is -0.317 e. The van der Waals surface area contributed by atoms with Crippen molar-refractivity contribution in [2.24, 2.45) is 5.92 Å². The summed E-state index contributed by atoms with van der Waals surface area (Å²) >= 11 is 0. The van der Waals surface area contributed by atoms with E-state index in [1.807, 2.05) is 7.05 Å². The highest BCUT2D eigenvalue weighted by Gasteiger charge is 2.24. The molecule has 2 rings (SSSR count). The summed E-state index contributed by atoms with van der Waals surface area (Å²) in [7, 11) is 1.98. The Balaban J connectivity index is 1.98. The van der Waals surface area contributed by atoms with Gasteiger partial charge in [-0.25, -0.2) is 8.78 Å². The molecule has 0 saturated carbocycles. The highest BCUT2D eigenvalue weighted by molar-refractivity contribution is 5.17. The lowest BCUT2D eigenvalue weighted by atomic mass is 9.94. The zero-order valence-corrected chi connectivity index (χ0v) is 10.9. The zero-order chi connectivity index (χ0) is 13.1. The fourth-order valence-corrected chi connectivity index (χ4v) is 2.76. The molecule has 2 unspecified atom stereocenters. The standard InChI is InChI=1S/C14H20F2N2/c1-10-8-18(4-3-14(10)17-2)9-11-5-12(15)7-13(16)6-11/h5-7,10,14,17H,3-4,8-9H2,1-2H3. The number of hydrogen-bond acceptors (Lipinski definition) is 2. The zero-order valence-electron chi connectivity index (χ0n) is 10.9. The summed E-state index contributed by atoms with van der Waals surface area (Å²) in [5, 5.41) is 3.31. The summed E-state index contributed by atoms with van der Waals surface area (Å²) in [5.74, 6) is -0.437. The summed E-state index contributed by atoms with van der Waals surface area (Å²) in [6.07, 6.45) is 1.08. The third-order valence-electron chi connectivity index (χ3n) is 3.69. The van der Waals surface area contributed by atoms with Gasteiger partial charge >= 0.3 is 0 Å². The molecule has 100 valence electrons. The highest BCUT2D eigenvalue weighted by atomic mass is 19.1. The summed E-state index contributed by atoms with van der Waals surface area (Å²) in [6, 6.07) is 4.29. The number of piperidine rings is 1. The van der Waals surface area contributed by atoms with Crippen LogP contribution in [0.3, 0.4) is 0 Å². The second-order valence-corrected chi connectivity index (χ2v) is 5.17. The van der Waals surface area contributed by atoms with Crippen LogP contribution in [0.5, 0.6) is 0 Å². The second-order valence-electron chi connectivity index (χ2n) is 5.17. The first-order valence-corrected chi connectivity index (χ1v) is 6.43. The van der Waals surface area contributed by atoms with E-state index in [1.165, 1.54) is 12.1 Å². The van der Waals surface area contributed by atoms with Crippen molar-refractivity contribution in [3.8, 4) is 0 Å². The van der Waals surface area contributed by atoms with E-state index in [0.717, 1.165) is 25.6 Å². The maximum Gasteiger partial charge on any atom is 0.126 e. The summed E-state index contributed by atoms with van der Waals surface area (Å²) in [4.78, 5) is 2.26. The Kier molecular flexibility index (Phi) is 4.30. The number of nitrogens with one attached hydrogen (secondary N) is 1. The Morgan fingerprint density at radius 2 is 1.94 bits per heavy atom. The van der Waals surface area contributed by atoms with Crippen molar-refractivity contribution in [3.05, 3.63) is 35.4 Å². The van der Waals surface area contributed by atoms with Crippen LogP contribution in [0.4, 0.5) is 8.78 Å². The molecule has 0 aromatic heterocycles. The molecule has 2 atom stereocenters. The van der Waals surface area contributed by atoms with Gasteiger partial charge in [-0.15, -0.1) is 0 Å². The lowest BCUT2D eigenvalue weighted by Gasteiger charge is -2.36. The average molecular weight is 254 g/mol. The van der Waals surface area contributed by atoms with E-state index >= 15 is 0 Å². The molecule has 0 amide bonds. The van der Waals surface area contributed by atoms with E-state index in [1.54, 1.807) is 0 Å². The van der Waals surface area contributed by atoms with Gasteiger partial charge in [0.05, 0.1) is 0 Å². The topological polar surface area (TPSA) is 15.3 Å². The van der Waals surface area contributed by atoms with Crippen LogP contribution < -0.4 is 5.32 Å². The van der Waals surface area contributed by atoms with Crippen LogP contribution in [0.1, 0.15) is 18.9 Å². The monoisotopic (exact) mass is 254 g/mol. The van der Waals surface area contributed by atoms with Crippen molar-refractivity contribution in [2.75, 3.05) is 20.1 Å². The van der Waals surface area contributed by atoms with E-state index in [4.69, 9.17) is 0 Å². The van der Waals surface area contributed by atoms with Crippen LogP contribution in [0.2, 0.25) is 0 Å². The van der Waals surface area contributed by atoms with Crippen LogP contribution in [0.15, 0.2) is 18.2 Å². The lowest BCUT2D eigenvalue weighted by Crippen LogP contribution is -2.46. The van der Waals surface area contributed by atoms with E-state index in [9.17, 15) is 8.78 Å². The lowest BCUT2D eigenvalue weighted by molar-refractivity contribution is 0.145. The Hall–Kier alpha value is -1.00. The van der Waals surface area contributed by atoms with Gasteiger partial charge in [-0.3, -0.25) is 4.90 Å². The fraction of sp³-hybridized carbons (Fsp3) is 0.571. The number of nitrogens with zero attached hydrogens (tertiary/aromatic N) is 1. The van der Waals surface area contributed by atoms with Gasteiger partial charge in [0.25, 0.3) is 0 Å². The quantitative estimate of drug-likeness (QED) is 0.891. The predicted molar refractivity (Wildman–Crippen MR) is 68.3 cm³/mol. The van der Waals surface area contributed by atoms with Crippen molar-refractivity contribution in [2.45, 2.75) is 25.9 Å². The van der Waals surface area contributed by atoms with Crippen LogP contribution in [0, 0.1) is 17.6 Å². The van der Waals surface area contributed by atoms with Gasteiger partial charge in [-0.05, 0) is 43.6 Å². The molecular weight excluding hydrogens is 234 g/mol. The maximum absolute atomic E-state index is 13.1. The molecule has 1 fully saturated rings. The third-order valence-corrected chi connectivity index (χ3v) is 3.69. The molecule has 18 heavy (non-hydrogen) atoms. The number of hydrogen-bond donors (Lipinski definition) is 1. The van der Waals surface area contributed by atoms with Crippen LogP contribution in [-0.2, 0) is 6.54 Å². The highest BCUT2D eigenvalue weighted by Crippen LogP contribution is 2.19. The summed E-state index contributed by atoms with van der Waals surface area (Å²) in [5.41, 5.74) is 0.711. The minimum absolute atomic E-state index is 0.497. The maximum atomic E-state index is 13.1. The van der Waals surface area contributed by atoms with E-state index < -0.39 is 11.6 Å². The van der Waals surface area contributed by atoms with Gasteiger partial charge in [0, 0.05) is 25.2 Å². The Morgan fingerprint density at radius 3 is 2.50 bits per heavy atom. The number of rotatable bonds is 3. The van der Waals surface area contributed by atoms with E-state index in [2.05, 4.69) is 17.1 Å². The second kappa shape index (κ2) is 5.76. The van der Waals surface area contributed by atoms with Crippen LogP contribution >= 0.6 is 0 Å². The number of benzene rings is 1. The van der Waals surface area contributed by atoms with E-state index in [-0.39, 0.29) is 0 Å². The van der Waals surface area contributed by atoms with Crippen molar-refractivity contribution in [1.82, 2.24) is 10.2 Å². The molecule has 1 aromatic rings. The van der Waals surface area contributed by atoms with Crippen LogP contribution in [-0.4, -0.2) is 31.1 Å². The van der Waals surface area contributed by atoms with Gasteiger partial charge in [0.1, 0.15) is 11.6 Å². The molecule has 0 bridgehead atoms. The normalized spacial score (nSPS) is 25.3. The largest absolute Gasteiger partial charge is 0.317 e. The molecule has 1 saturated heterocycles. The Labute approximate surface area is 107 Å². The van der Waals surface area contributed by atoms with Gasteiger partial charge in [0.2, 0.25) is 0 Å². The first-order chi connectivity index (χ1) is 8.58. The fourth-order valence-electron chi connectivity index (χ4n) is 2.76. The van der Waals surface area contributed by atoms with Gasteiger partial charge in [0.15, 0.2) is 0 Å². The molecule has 1 heterocycles. The minimum atomic E-state index is -0.497. The van der Waals surface area contributed by atoms with Gasteiger partial charge < -0.3 is 5.32 Å². The van der Waals surface area contributed by atoms with E-state index in [0.29, 0.717) is 24.1 Å². The molecular formula is C14H20F2N2. The first-order valence-electron chi connectivity index (χ1n) is 6.43. The van der Waals surface area contributed by atoms with Crippen molar-refractivity contribution in [3.63, 3.8) is 0 Å². The Morgan fingerprint density at radius 1 is 1.28 bits per heavy atom. The SMILES string of the molecule is CNC1CCN(Cc2cc(F)cc(F)c2)CC1C. The molecule has 0 aliphatic carbocycles. The average Bonchev–Trinajstić information content (AvgIpc) is 2.27.